The molecule has 0 saturated carbocycles. The molecule has 0 aromatic heterocycles. The van der Waals surface area contributed by atoms with Gasteiger partial charge in [-0.1, -0.05) is 18.2 Å². The standard InChI is InChI=1S/C16H18N2O4S/c1-12(16(19)17-13-6-4-3-5-7-13)18-23(20,21)15-10-8-14(22-2)9-11-15/h3-12,18H,1-2H3,(H,17,19)/t12-/m1/s1. The maximum atomic E-state index is 12.3. The average molecular weight is 334 g/mol. The van der Waals surface area contributed by atoms with Crippen LogP contribution in [0.25, 0.3) is 0 Å². The van der Waals surface area contributed by atoms with Gasteiger partial charge in [0.1, 0.15) is 5.75 Å². The molecule has 2 rings (SSSR count). The molecule has 122 valence electrons. The Labute approximate surface area is 135 Å². The summed E-state index contributed by atoms with van der Waals surface area (Å²) in [6.45, 7) is 1.49. The van der Waals surface area contributed by atoms with Crippen molar-refractivity contribution in [2.24, 2.45) is 0 Å². The molecular weight excluding hydrogens is 316 g/mol. The van der Waals surface area contributed by atoms with Crippen LogP contribution in [0.1, 0.15) is 6.92 Å². The number of nitrogens with one attached hydrogen (secondary N) is 2. The highest BCUT2D eigenvalue weighted by molar-refractivity contribution is 7.89. The van der Waals surface area contributed by atoms with E-state index in [0.29, 0.717) is 11.4 Å². The van der Waals surface area contributed by atoms with E-state index in [-0.39, 0.29) is 4.90 Å². The Kier molecular flexibility index (Phi) is 5.36. The number of ether oxygens (including phenoxy) is 1. The second-order valence-corrected chi connectivity index (χ2v) is 6.59. The van der Waals surface area contributed by atoms with Crippen molar-refractivity contribution in [3.63, 3.8) is 0 Å². The number of rotatable bonds is 6. The van der Waals surface area contributed by atoms with Crippen LogP contribution in [-0.4, -0.2) is 27.5 Å². The minimum atomic E-state index is -3.79. The Bertz CT molecular complexity index is 758. The zero-order valence-corrected chi connectivity index (χ0v) is 13.6. The van der Waals surface area contributed by atoms with Crippen molar-refractivity contribution >= 4 is 21.6 Å². The highest BCUT2D eigenvalue weighted by Gasteiger charge is 2.22. The lowest BCUT2D eigenvalue weighted by Gasteiger charge is -2.14. The van der Waals surface area contributed by atoms with E-state index in [2.05, 4.69) is 10.0 Å². The van der Waals surface area contributed by atoms with Crippen LogP contribution in [0.2, 0.25) is 0 Å². The maximum Gasteiger partial charge on any atom is 0.242 e. The van der Waals surface area contributed by atoms with Crippen molar-refractivity contribution in [3.05, 3.63) is 54.6 Å². The summed E-state index contributed by atoms with van der Waals surface area (Å²) in [4.78, 5) is 12.1. The van der Waals surface area contributed by atoms with Crippen molar-refractivity contribution in [1.29, 1.82) is 0 Å². The fraction of sp³-hybridized carbons (Fsp3) is 0.188. The number of methoxy groups -OCH3 is 1. The Morgan fingerprint density at radius 2 is 1.65 bits per heavy atom. The fourth-order valence-electron chi connectivity index (χ4n) is 1.88. The third kappa shape index (κ3) is 4.54. The quantitative estimate of drug-likeness (QED) is 0.846. The van der Waals surface area contributed by atoms with Crippen molar-refractivity contribution < 1.29 is 17.9 Å². The maximum absolute atomic E-state index is 12.3. The lowest BCUT2D eigenvalue weighted by Crippen LogP contribution is -2.41. The molecule has 0 aliphatic carbocycles. The third-order valence-corrected chi connectivity index (χ3v) is 4.69. The van der Waals surface area contributed by atoms with Crippen LogP contribution >= 0.6 is 0 Å². The van der Waals surface area contributed by atoms with Gasteiger partial charge in [0, 0.05) is 5.69 Å². The predicted octanol–water partition coefficient (Wildman–Crippen LogP) is 2.00. The smallest absolute Gasteiger partial charge is 0.242 e. The van der Waals surface area contributed by atoms with Crippen molar-refractivity contribution in [2.45, 2.75) is 17.9 Å². The van der Waals surface area contributed by atoms with Gasteiger partial charge in [-0.25, -0.2) is 8.42 Å². The molecule has 0 spiro atoms. The lowest BCUT2D eigenvalue weighted by atomic mass is 10.3. The van der Waals surface area contributed by atoms with Gasteiger partial charge in [0.15, 0.2) is 0 Å². The number of para-hydroxylation sites is 1. The first kappa shape index (κ1) is 17.0. The number of benzene rings is 2. The molecule has 7 heteroatoms. The molecule has 2 aromatic rings. The fourth-order valence-corrected chi connectivity index (χ4v) is 3.08. The topological polar surface area (TPSA) is 84.5 Å². The van der Waals surface area contributed by atoms with Gasteiger partial charge < -0.3 is 10.1 Å². The molecular formula is C16H18N2O4S. The van der Waals surface area contributed by atoms with E-state index in [1.807, 2.05) is 6.07 Å². The number of amides is 1. The summed E-state index contributed by atoms with van der Waals surface area (Å²) in [5.74, 6) is 0.118. The van der Waals surface area contributed by atoms with Gasteiger partial charge in [-0.15, -0.1) is 0 Å². The van der Waals surface area contributed by atoms with Gasteiger partial charge in [0.05, 0.1) is 18.0 Å². The van der Waals surface area contributed by atoms with E-state index in [9.17, 15) is 13.2 Å². The molecule has 2 aromatic carbocycles. The Morgan fingerprint density at radius 3 is 2.22 bits per heavy atom. The van der Waals surface area contributed by atoms with Gasteiger partial charge in [-0.2, -0.15) is 4.72 Å². The van der Waals surface area contributed by atoms with Crippen LogP contribution < -0.4 is 14.8 Å². The number of carbonyl (C=O) groups is 1. The zero-order chi connectivity index (χ0) is 16.9. The summed E-state index contributed by atoms with van der Waals surface area (Å²) in [6, 6.07) is 13.8. The molecule has 0 aliphatic heterocycles. The minimum Gasteiger partial charge on any atom is -0.497 e. The Hall–Kier alpha value is -2.38. The van der Waals surface area contributed by atoms with Gasteiger partial charge in [-0.05, 0) is 43.3 Å². The zero-order valence-electron chi connectivity index (χ0n) is 12.8. The second kappa shape index (κ2) is 7.26. The van der Waals surface area contributed by atoms with Crippen LogP contribution in [0.15, 0.2) is 59.5 Å². The van der Waals surface area contributed by atoms with Gasteiger partial charge in [-0.3, -0.25) is 4.79 Å². The van der Waals surface area contributed by atoms with Crippen LogP contribution in [0.3, 0.4) is 0 Å². The average Bonchev–Trinajstić information content (AvgIpc) is 2.55. The summed E-state index contributed by atoms with van der Waals surface area (Å²) in [5.41, 5.74) is 0.605. The number of anilines is 1. The second-order valence-electron chi connectivity index (χ2n) is 4.87. The van der Waals surface area contributed by atoms with E-state index in [1.165, 1.54) is 26.2 Å². The monoisotopic (exact) mass is 334 g/mol. The minimum absolute atomic E-state index is 0.0673. The molecule has 23 heavy (non-hydrogen) atoms. The largest absolute Gasteiger partial charge is 0.497 e. The molecule has 0 aliphatic rings. The van der Waals surface area contributed by atoms with Crippen LogP contribution in [0.4, 0.5) is 5.69 Å². The molecule has 0 unspecified atom stereocenters. The molecule has 6 nitrogen and oxygen atoms in total. The Balaban J connectivity index is 2.05. The van der Waals surface area contributed by atoms with Crippen LogP contribution in [0, 0.1) is 0 Å². The molecule has 0 radical (unpaired) electrons. The first-order valence-corrected chi connectivity index (χ1v) is 8.43. The van der Waals surface area contributed by atoms with Gasteiger partial charge in [0.2, 0.25) is 15.9 Å². The molecule has 1 amide bonds. The predicted molar refractivity (Wildman–Crippen MR) is 87.8 cm³/mol. The number of hydrogen-bond donors (Lipinski definition) is 2. The number of sulfonamides is 1. The van der Waals surface area contributed by atoms with Crippen LogP contribution in [0.5, 0.6) is 5.75 Å². The lowest BCUT2D eigenvalue weighted by molar-refractivity contribution is -0.117. The number of hydrogen-bond acceptors (Lipinski definition) is 4. The summed E-state index contributed by atoms with van der Waals surface area (Å²) < 4.78 is 31.9. The van der Waals surface area contributed by atoms with Gasteiger partial charge in [0.25, 0.3) is 0 Å². The molecule has 1 atom stereocenters. The first-order valence-electron chi connectivity index (χ1n) is 6.94. The SMILES string of the molecule is COc1ccc(S(=O)(=O)N[C@H](C)C(=O)Nc2ccccc2)cc1. The van der Waals surface area contributed by atoms with Crippen LogP contribution in [-0.2, 0) is 14.8 Å². The van der Waals surface area contributed by atoms with E-state index < -0.39 is 22.0 Å². The summed E-state index contributed by atoms with van der Waals surface area (Å²) >= 11 is 0. The Morgan fingerprint density at radius 1 is 1.04 bits per heavy atom. The van der Waals surface area contributed by atoms with Crippen molar-refractivity contribution in [2.75, 3.05) is 12.4 Å². The molecule has 0 bridgehead atoms. The summed E-state index contributed by atoms with van der Waals surface area (Å²) in [5, 5.41) is 2.65. The van der Waals surface area contributed by atoms with Gasteiger partial charge >= 0.3 is 0 Å². The van der Waals surface area contributed by atoms with E-state index in [1.54, 1.807) is 36.4 Å². The first-order chi connectivity index (χ1) is 10.9. The van der Waals surface area contributed by atoms with E-state index >= 15 is 0 Å². The molecule has 0 saturated heterocycles. The summed E-state index contributed by atoms with van der Waals surface area (Å²) in [6.07, 6.45) is 0. The van der Waals surface area contributed by atoms with Crippen molar-refractivity contribution in [1.82, 2.24) is 4.72 Å². The van der Waals surface area contributed by atoms with Crippen molar-refractivity contribution in [3.8, 4) is 5.75 Å². The van der Waals surface area contributed by atoms with E-state index in [0.717, 1.165) is 0 Å². The number of carbonyl (C=O) groups excluding carboxylic acids is 1. The van der Waals surface area contributed by atoms with E-state index in [4.69, 9.17) is 4.74 Å². The molecule has 0 heterocycles. The third-order valence-electron chi connectivity index (χ3n) is 3.14. The highest BCUT2D eigenvalue weighted by atomic mass is 32.2. The highest BCUT2D eigenvalue weighted by Crippen LogP contribution is 2.16. The summed E-state index contributed by atoms with van der Waals surface area (Å²) in [7, 11) is -2.29. The normalized spacial score (nSPS) is 12.4. The molecule has 2 N–H and O–H groups in total. The molecule has 0 fully saturated rings.